The third-order valence-corrected chi connectivity index (χ3v) is 25.9. The molecule has 594 valence electrons. The van der Waals surface area contributed by atoms with Gasteiger partial charge in [-0.05, 0) is 269 Å². The van der Waals surface area contributed by atoms with Crippen molar-refractivity contribution in [3.05, 3.63) is 429 Å². The third-order valence-electron chi connectivity index (χ3n) is 25.9. The lowest BCUT2D eigenvalue weighted by molar-refractivity contribution is 0.401. The lowest BCUT2D eigenvalue weighted by Gasteiger charge is -2.34. The standard InChI is InChI=1S/C108H120.3C2H6/c1-7-82(88-43-25-13-26-44-88)70-103(92-51-33-17-34-52-92)76-107(73-100(91-49-31-16-32-50-91)67-79(4)85-37-19-10-20-38-85)98-63-65-99(66-64-98)108-75-102(69-81(6)87-41-23-12-24-42-87)95-57-55-94(56-58-95)101(68-80(5)86-39-21-11-22-40-86)74-106(93-53-35-18-36-54-93)77-104(71-83(8-2)89-45-27-14-28-46-89)96-59-61-97(62-60-96)105(78-108)72-84(9-3)90-47-29-15-30-48-90;3*1-2/h10-66,79-84,100-108H,7-9,67-78H2,1-6H3;3*1-2H3. The maximum absolute atomic E-state index is 2.65. The van der Waals surface area contributed by atoms with Gasteiger partial charge in [0, 0.05) is 0 Å². The van der Waals surface area contributed by atoms with Crippen molar-refractivity contribution in [3.63, 3.8) is 0 Å². The van der Waals surface area contributed by atoms with E-state index < -0.39 is 0 Å². The van der Waals surface area contributed by atoms with E-state index in [9.17, 15) is 0 Å². The Morgan fingerprint density at radius 1 is 0.193 bits per heavy atom. The van der Waals surface area contributed by atoms with Crippen LogP contribution in [-0.4, -0.2) is 0 Å². The highest BCUT2D eigenvalue weighted by Crippen LogP contribution is 2.51. The third kappa shape index (κ3) is 24.8. The van der Waals surface area contributed by atoms with Gasteiger partial charge < -0.3 is 0 Å². The molecule has 114 heavy (non-hydrogen) atoms. The maximum atomic E-state index is 2.65. The van der Waals surface area contributed by atoms with E-state index in [4.69, 9.17) is 0 Å². The van der Waals surface area contributed by atoms with Gasteiger partial charge in [-0.15, -0.1) is 0 Å². The molecule has 15 unspecified atom stereocenters. The predicted molar refractivity (Wildman–Crippen MR) is 496 cm³/mol. The first-order chi connectivity index (χ1) is 56.1. The molecule has 16 rings (SSSR count). The minimum Gasteiger partial charge on any atom is -0.0683 e. The highest BCUT2D eigenvalue weighted by atomic mass is 14.4. The fraction of sp³-hybridized carbons (Fsp3) is 0.368. The summed E-state index contributed by atoms with van der Waals surface area (Å²) in [6.45, 7) is 26.7. The summed E-state index contributed by atoms with van der Waals surface area (Å²) in [5, 5.41) is 0. The van der Waals surface area contributed by atoms with Crippen LogP contribution in [0.25, 0.3) is 0 Å². The van der Waals surface area contributed by atoms with Gasteiger partial charge >= 0.3 is 0 Å². The van der Waals surface area contributed by atoms with E-state index >= 15 is 0 Å². The molecule has 0 N–H and O–H groups in total. The molecule has 0 radical (unpaired) electrons. The molecular formula is C114H138. The second kappa shape index (κ2) is 46.9. The molecule has 0 spiro atoms. The predicted octanol–water partition coefficient (Wildman–Crippen LogP) is 33.7. The van der Waals surface area contributed by atoms with Gasteiger partial charge in [0.05, 0.1) is 0 Å². The number of hydrogen-bond donors (Lipinski definition) is 0. The Bertz CT molecular complexity index is 4460. The molecule has 4 aliphatic carbocycles. The zero-order valence-electron chi connectivity index (χ0n) is 71.7. The van der Waals surface area contributed by atoms with Crippen molar-refractivity contribution in [2.45, 2.75) is 268 Å². The molecule has 0 fully saturated rings. The second-order valence-corrected chi connectivity index (χ2v) is 32.8. The summed E-state index contributed by atoms with van der Waals surface area (Å²) in [5.74, 6) is 5.48. The summed E-state index contributed by atoms with van der Waals surface area (Å²) in [6, 6.07) is 135. The van der Waals surface area contributed by atoms with Crippen LogP contribution in [-0.2, 0) is 0 Å². The van der Waals surface area contributed by atoms with Gasteiger partial charge in [-0.2, -0.15) is 0 Å². The highest BCUT2D eigenvalue weighted by molar-refractivity contribution is 5.39. The Hall–Kier alpha value is -9.36. The fourth-order valence-electron chi connectivity index (χ4n) is 19.5. The molecule has 0 nitrogen and oxygen atoms in total. The van der Waals surface area contributed by atoms with Crippen LogP contribution in [0.15, 0.2) is 346 Å². The first-order valence-corrected chi connectivity index (χ1v) is 44.9. The largest absolute Gasteiger partial charge is 0.0683 e. The van der Waals surface area contributed by atoms with Crippen molar-refractivity contribution in [2.24, 2.45) is 0 Å². The molecule has 4 aliphatic rings. The molecule has 12 aromatic carbocycles. The van der Waals surface area contributed by atoms with Gasteiger partial charge in [-0.1, -0.05) is 429 Å². The Labute approximate surface area is 692 Å². The molecule has 15 atom stereocenters. The topological polar surface area (TPSA) is 0 Å². The monoisotopic (exact) mass is 1510 g/mol. The lowest BCUT2D eigenvalue weighted by Crippen LogP contribution is -2.17. The molecule has 0 saturated carbocycles. The smallest absolute Gasteiger partial charge is 0.0150 e. The van der Waals surface area contributed by atoms with Crippen LogP contribution in [0.2, 0.25) is 0 Å². The Balaban J connectivity index is 0.00000224. The average molecular weight is 1510 g/mol. The quantitative estimate of drug-likeness (QED) is 0.0421. The van der Waals surface area contributed by atoms with Crippen molar-refractivity contribution in [1.82, 2.24) is 0 Å². The molecular weight excluding hydrogens is 1370 g/mol. The van der Waals surface area contributed by atoms with Gasteiger partial charge in [-0.25, -0.2) is 0 Å². The minimum absolute atomic E-state index is 0.272. The van der Waals surface area contributed by atoms with Gasteiger partial charge in [0.2, 0.25) is 0 Å². The van der Waals surface area contributed by atoms with Crippen molar-refractivity contribution < 1.29 is 0 Å². The summed E-state index contributed by atoms with van der Waals surface area (Å²) in [5.41, 5.74) is 21.9. The van der Waals surface area contributed by atoms with Gasteiger partial charge in [0.25, 0.3) is 0 Å². The van der Waals surface area contributed by atoms with Crippen molar-refractivity contribution in [3.8, 4) is 0 Å². The summed E-state index contributed by atoms with van der Waals surface area (Å²) in [4.78, 5) is 0. The zero-order chi connectivity index (χ0) is 80.2. The Morgan fingerprint density at radius 3 is 0.684 bits per heavy atom. The van der Waals surface area contributed by atoms with Crippen LogP contribution in [0.4, 0.5) is 0 Å². The van der Waals surface area contributed by atoms with E-state index in [1.165, 1.54) is 83.5 Å². The maximum Gasteiger partial charge on any atom is -0.0150 e. The van der Waals surface area contributed by atoms with Crippen LogP contribution in [0.1, 0.15) is 352 Å². The van der Waals surface area contributed by atoms with Gasteiger partial charge in [0.1, 0.15) is 0 Å². The average Bonchev–Trinajstić information content (AvgIpc) is 0.803. The minimum atomic E-state index is 0.272. The van der Waals surface area contributed by atoms with Crippen molar-refractivity contribution in [2.75, 3.05) is 0 Å². The summed E-state index contributed by atoms with van der Waals surface area (Å²) >= 11 is 0. The molecule has 0 heterocycles. The zero-order valence-corrected chi connectivity index (χ0v) is 71.7. The molecule has 0 saturated heterocycles. The summed E-state index contributed by atoms with van der Waals surface area (Å²) < 4.78 is 0. The number of rotatable bonds is 30. The van der Waals surface area contributed by atoms with Crippen molar-refractivity contribution in [1.29, 1.82) is 0 Å². The molecule has 12 aromatic rings. The molecule has 0 amide bonds. The van der Waals surface area contributed by atoms with E-state index in [0.717, 1.165) is 96.3 Å². The Kier molecular flexibility index (Phi) is 35.8. The van der Waals surface area contributed by atoms with E-state index in [1.807, 2.05) is 41.5 Å². The van der Waals surface area contributed by atoms with Crippen LogP contribution in [0, 0.1) is 0 Å². The number of hydrogen-bond acceptors (Lipinski definition) is 0. The first kappa shape index (κ1) is 87.0. The fourth-order valence-corrected chi connectivity index (χ4v) is 19.5. The van der Waals surface area contributed by atoms with Crippen LogP contribution in [0.5, 0.6) is 0 Å². The van der Waals surface area contributed by atoms with Crippen LogP contribution in [0.3, 0.4) is 0 Å². The highest BCUT2D eigenvalue weighted by Gasteiger charge is 2.34. The SMILES string of the molecule is CC.CC.CC.CCC(CC1CC(c2ccccc2)CC(CC(C)c2ccccc2)c2ccc(cc2)C(CC(C)c2ccccc2)CC(c2ccc(C(CC(CC(C)c3ccccc3)c3ccccc3)CC(CC(CC)c3ccccc3)c3ccccc3)cc2)CC(CC(CC)c2ccccc2)c2ccc1cc2)c1ccccc1. The Morgan fingerprint density at radius 2 is 0.395 bits per heavy atom. The van der Waals surface area contributed by atoms with Crippen molar-refractivity contribution >= 4 is 0 Å². The second-order valence-electron chi connectivity index (χ2n) is 32.8. The van der Waals surface area contributed by atoms with Crippen LogP contribution >= 0.6 is 0 Å². The molecule has 0 aliphatic heterocycles. The lowest BCUT2D eigenvalue weighted by atomic mass is 9.71. The van der Waals surface area contributed by atoms with Gasteiger partial charge in [0.15, 0.2) is 0 Å². The van der Waals surface area contributed by atoms with E-state index in [2.05, 4.69) is 387 Å². The van der Waals surface area contributed by atoms with E-state index in [0.29, 0.717) is 82.9 Å². The number of benzene rings is 12. The molecule has 4 bridgehead atoms. The van der Waals surface area contributed by atoms with Gasteiger partial charge in [-0.3, -0.25) is 0 Å². The molecule has 0 aromatic heterocycles. The van der Waals surface area contributed by atoms with E-state index in [1.54, 1.807) is 0 Å². The summed E-state index contributed by atoms with van der Waals surface area (Å²) in [7, 11) is 0. The first-order valence-electron chi connectivity index (χ1n) is 44.9. The van der Waals surface area contributed by atoms with Crippen LogP contribution < -0.4 is 0 Å². The summed E-state index contributed by atoms with van der Waals surface area (Å²) in [6.07, 6.45) is 16.3. The molecule has 0 heteroatoms. The van der Waals surface area contributed by atoms with E-state index in [-0.39, 0.29) is 5.92 Å². The normalized spacial score (nSPS) is 18.6.